The molecule has 108 valence electrons. The highest BCUT2D eigenvalue weighted by Crippen LogP contribution is 2.23. The number of H-pyrrole nitrogens is 1. The average Bonchev–Trinajstić information content (AvgIpc) is 2.75. The van der Waals surface area contributed by atoms with Crippen LogP contribution in [0.4, 0.5) is 5.69 Å². The highest BCUT2D eigenvalue weighted by molar-refractivity contribution is 14.1. The van der Waals surface area contributed by atoms with Crippen LogP contribution in [-0.2, 0) is 16.6 Å². The minimum Gasteiger partial charge on any atom is -0.316 e. The van der Waals surface area contributed by atoms with E-state index in [0.29, 0.717) is 17.8 Å². The molecule has 0 saturated heterocycles. The first-order valence-corrected chi connectivity index (χ1v) is 8.47. The Morgan fingerprint density at radius 2 is 2.05 bits per heavy atom. The number of aryl methyl sites for hydroxylation is 1. The quantitative estimate of drug-likeness (QED) is 0.662. The second kappa shape index (κ2) is 6.10. The minimum absolute atomic E-state index is 0.0315. The lowest BCUT2D eigenvalue weighted by Crippen LogP contribution is -2.18. The van der Waals surface area contributed by atoms with E-state index in [-0.39, 0.29) is 5.03 Å². The number of nitrogens with one attached hydrogen (secondary N) is 3. The second-order valence-electron chi connectivity index (χ2n) is 4.25. The van der Waals surface area contributed by atoms with Crippen molar-refractivity contribution in [1.29, 1.82) is 0 Å². The van der Waals surface area contributed by atoms with Crippen molar-refractivity contribution in [3.63, 3.8) is 0 Å². The Morgan fingerprint density at radius 3 is 2.70 bits per heavy atom. The van der Waals surface area contributed by atoms with Crippen LogP contribution in [-0.4, -0.2) is 25.7 Å². The molecule has 2 rings (SSSR count). The minimum atomic E-state index is -3.71. The molecule has 2 aromatic rings. The number of rotatable bonds is 5. The fourth-order valence-corrected chi connectivity index (χ4v) is 3.76. The normalized spacial score (nSPS) is 11.6. The zero-order valence-corrected chi connectivity index (χ0v) is 14.0. The molecule has 0 unspecified atom stereocenters. The molecule has 8 heteroatoms. The van der Waals surface area contributed by atoms with E-state index in [0.717, 1.165) is 9.26 Å². The standard InChI is InChI=1S/C12H15IN4O2S/c1-8-9(7-14-2)12(16-15-8)20(18,19)17-11-6-4-3-5-10(11)13/h3-6,14,17H,7H2,1-2H3,(H,15,16). The number of aromatic amines is 1. The summed E-state index contributed by atoms with van der Waals surface area (Å²) in [5.41, 5.74) is 1.93. The molecule has 0 spiro atoms. The zero-order chi connectivity index (χ0) is 14.8. The monoisotopic (exact) mass is 406 g/mol. The molecule has 0 aliphatic rings. The Morgan fingerprint density at radius 1 is 1.35 bits per heavy atom. The number of anilines is 1. The van der Waals surface area contributed by atoms with Crippen molar-refractivity contribution in [3.05, 3.63) is 39.1 Å². The molecule has 0 fully saturated rings. The number of hydrogen-bond donors (Lipinski definition) is 3. The van der Waals surface area contributed by atoms with E-state index in [1.807, 2.05) is 12.1 Å². The number of benzene rings is 1. The number of para-hydroxylation sites is 1. The summed E-state index contributed by atoms with van der Waals surface area (Å²) in [6.45, 7) is 2.23. The molecular formula is C12H15IN4O2S. The van der Waals surface area contributed by atoms with Gasteiger partial charge < -0.3 is 5.32 Å². The Bertz CT molecular complexity index is 712. The highest BCUT2D eigenvalue weighted by atomic mass is 127. The number of hydrogen-bond acceptors (Lipinski definition) is 4. The van der Waals surface area contributed by atoms with Crippen LogP contribution in [0.15, 0.2) is 29.3 Å². The molecule has 0 saturated carbocycles. The molecule has 0 bridgehead atoms. The van der Waals surface area contributed by atoms with Crippen molar-refractivity contribution < 1.29 is 8.42 Å². The maximum atomic E-state index is 12.4. The largest absolute Gasteiger partial charge is 0.316 e. The summed E-state index contributed by atoms with van der Waals surface area (Å²) in [6.07, 6.45) is 0. The third kappa shape index (κ3) is 3.13. The Kier molecular flexibility index (Phi) is 4.66. The van der Waals surface area contributed by atoms with E-state index in [1.165, 1.54) is 0 Å². The topological polar surface area (TPSA) is 86.9 Å². The lowest BCUT2D eigenvalue weighted by molar-refractivity contribution is 0.595. The summed E-state index contributed by atoms with van der Waals surface area (Å²) in [6, 6.07) is 7.19. The predicted molar refractivity (Wildman–Crippen MR) is 86.1 cm³/mol. The van der Waals surface area contributed by atoms with E-state index >= 15 is 0 Å². The fourth-order valence-electron chi connectivity index (χ4n) is 1.77. The van der Waals surface area contributed by atoms with Crippen LogP contribution in [0, 0.1) is 10.5 Å². The van der Waals surface area contributed by atoms with Crippen LogP contribution < -0.4 is 10.0 Å². The number of halogens is 1. The Hall–Kier alpha value is -1.13. The third-order valence-corrected chi connectivity index (χ3v) is 5.04. The van der Waals surface area contributed by atoms with Gasteiger partial charge >= 0.3 is 0 Å². The van der Waals surface area contributed by atoms with Gasteiger partial charge in [0, 0.05) is 21.4 Å². The summed E-state index contributed by atoms with van der Waals surface area (Å²) < 4.78 is 28.3. The molecule has 1 aromatic heterocycles. The summed E-state index contributed by atoms with van der Waals surface area (Å²) in [5.74, 6) is 0. The SMILES string of the molecule is CNCc1c(S(=O)(=O)Nc2ccccc2I)n[nH]c1C. The van der Waals surface area contributed by atoms with Gasteiger partial charge in [-0.1, -0.05) is 12.1 Å². The molecule has 0 aliphatic carbocycles. The van der Waals surface area contributed by atoms with Crippen molar-refractivity contribution in [2.45, 2.75) is 18.5 Å². The van der Waals surface area contributed by atoms with Crippen LogP contribution in [0.3, 0.4) is 0 Å². The van der Waals surface area contributed by atoms with Crippen LogP contribution in [0.5, 0.6) is 0 Å². The summed E-state index contributed by atoms with van der Waals surface area (Å²) in [5, 5.41) is 9.61. The number of sulfonamides is 1. The third-order valence-electron chi connectivity index (χ3n) is 2.76. The highest BCUT2D eigenvalue weighted by Gasteiger charge is 2.24. The van der Waals surface area contributed by atoms with Crippen molar-refractivity contribution in [2.75, 3.05) is 11.8 Å². The van der Waals surface area contributed by atoms with Gasteiger partial charge in [0.15, 0.2) is 0 Å². The molecule has 3 N–H and O–H groups in total. The summed E-state index contributed by atoms with van der Waals surface area (Å²) in [7, 11) is -1.94. The molecule has 0 amide bonds. The molecule has 20 heavy (non-hydrogen) atoms. The van der Waals surface area contributed by atoms with Crippen LogP contribution >= 0.6 is 22.6 Å². The zero-order valence-electron chi connectivity index (χ0n) is 11.1. The fraction of sp³-hybridized carbons (Fsp3) is 0.250. The van der Waals surface area contributed by atoms with Gasteiger partial charge in [-0.2, -0.15) is 13.5 Å². The molecule has 1 aromatic carbocycles. The van der Waals surface area contributed by atoms with Gasteiger partial charge in [0.05, 0.1) is 5.69 Å². The average molecular weight is 406 g/mol. The molecule has 0 radical (unpaired) electrons. The van der Waals surface area contributed by atoms with Crippen molar-refractivity contribution >= 4 is 38.3 Å². The number of aromatic nitrogens is 2. The first kappa shape index (κ1) is 15.3. The molecule has 0 atom stereocenters. The maximum Gasteiger partial charge on any atom is 0.281 e. The van der Waals surface area contributed by atoms with E-state index in [9.17, 15) is 8.42 Å². The van der Waals surface area contributed by atoms with Gasteiger partial charge in [-0.05, 0) is 48.7 Å². The molecule has 0 aliphatic heterocycles. The van der Waals surface area contributed by atoms with Crippen LogP contribution in [0.25, 0.3) is 0 Å². The molecule has 1 heterocycles. The van der Waals surface area contributed by atoms with Gasteiger partial charge in [-0.25, -0.2) is 0 Å². The van der Waals surface area contributed by atoms with Gasteiger partial charge in [0.2, 0.25) is 5.03 Å². The lowest BCUT2D eigenvalue weighted by atomic mass is 10.3. The first-order valence-electron chi connectivity index (χ1n) is 5.91. The van der Waals surface area contributed by atoms with E-state index in [2.05, 4.69) is 42.8 Å². The Labute approximate surface area is 131 Å². The van der Waals surface area contributed by atoms with E-state index in [1.54, 1.807) is 26.1 Å². The van der Waals surface area contributed by atoms with E-state index < -0.39 is 10.0 Å². The summed E-state index contributed by atoms with van der Waals surface area (Å²) in [4.78, 5) is 0. The predicted octanol–water partition coefficient (Wildman–Crippen LogP) is 1.84. The van der Waals surface area contributed by atoms with Crippen molar-refractivity contribution in [2.24, 2.45) is 0 Å². The number of nitrogens with zero attached hydrogens (tertiary/aromatic N) is 1. The van der Waals surface area contributed by atoms with Crippen LogP contribution in [0.2, 0.25) is 0 Å². The van der Waals surface area contributed by atoms with Gasteiger partial charge in [0.1, 0.15) is 0 Å². The van der Waals surface area contributed by atoms with Gasteiger partial charge in [-0.3, -0.25) is 9.82 Å². The summed E-state index contributed by atoms with van der Waals surface area (Å²) >= 11 is 2.08. The van der Waals surface area contributed by atoms with Gasteiger partial charge in [-0.15, -0.1) is 0 Å². The maximum absolute atomic E-state index is 12.4. The van der Waals surface area contributed by atoms with Crippen molar-refractivity contribution in [1.82, 2.24) is 15.5 Å². The first-order chi connectivity index (χ1) is 9.45. The Balaban J connectivity index is 2.39. The van der Waals surface area contributed by atoms with E-state index in [4.69, 9.17) is 0 Å². The van der Waals surface area contributed by atoms with Gasteiger partial charge in [0.25, 0.3) is 10.0 Å². The van der Waals surface area contributed by atoms with Crippen LogP contribution in [0.1, 0.15) is 11.3 Å². The molecule has 6 nitrogen and oxygen atoms in total. The lowest BCUT2D eigenvalue weighted by Gasteiger charge is -2.09. The molecular weight excluding hydrogens is 391 g/mol. The smallest absolute Gasteiger partial charge is 0.281 e. The second-order valence-corrected chi connectivity index (χ2v) is 7.01. The van der Waals surface area contributed by atoms with Crippen molar-refractivity contribution in [3.8, 4) is 0 Å².